The summed E-state index contributed by atoms with van der Waals surface area (Å²) in [6.07, 6.45) is 5.27. The molecule has 1 unspecified atom stereocenters. The first-order valence-electron chi connectivity index (χ1n) is 10.0. The second kappa shape index (κ2) is 8.78. The minimum Gasteiger partial charge on any atom is -0.338 e. The van der Waals surface area contributed by atoms with Crippen molar-refractivity contribution in [2.24, 2.45) is 5.10 Å². The third-order valence-electron chi connectivity index (χ3n) is 5.49. The Morgan fingerprint density at radius 1 is 1.14 bits per heavy atom. The quantitative estimate of drug-likeness (QED) is 0.755. The topological polar surface area (TPSA) is 64.9 Å². The molecule has 7 nitrogen and oxygen atoms in total. The Morgan fingerprint density at radius 2 is 1.90 bits per heavy atom. The van der Waals surface area contributed by atoms with Gasteiger partial charge in [0.15, 0.2) is 0 Å². The summed E-state index contributed by atoms with van der Waals surface area (Å²) < 4.78 is 0. The van der Waals surface area contributed by atoms with Crippen molar-refractivity contribution >= 4 is 29.2 Å². The number of anilines is 1. The summed E-state index contributed by atoms with van der Waals surface area (Å²) in [5, 5.41) is 7.41. The number of nitrogens with zero attached hydrogens (tertiary/aromatic N) is 6. The van der Waals surface area contributed by atoms with Crippen LogP contribution >= 0.6 is 11.6 Å². The van der Waals surface area contributed by atoms with Crippen molar-refractivity contribution in [3.63, 3.8) is 0 Å². The fourth-order valence-corrected chi connectivity index (χ4v) is 4.01. The molecule has 1 atom stereocenters. The number of rotatable bonds is 5. The highest BCUT2D eigenvalue weighted by Gasteiger charge is 2.30. The second-order valence-corrected chi connectivity index (χ2v) is 7.77. The minimum absolute atomic E-state index is 0.119. The predicted octanol–water partition coefficient (Wildman–Crippen LogP) is 2.67. The van der Waals surface area contributed by atoms with Gasteiger partial charge >= 0.3 is 0 Å². The Bertz CT molecular complexity index is 882. The van der Waals surface area contributed by atoms with Gasteiger partial charge in [-0.05, 0) is 30.2 Å². The zero-order valence-corrected chi connectivity index (χ0v) is 17.3. The smallest absolute Gasteiger partial charge is 0.243 e. The number of benzene rings is 1. The van der Waals surface area contributed by atoms with Gasteiger partial charge in [-0.25, -0.2) is 9.97 Å². The number of carbonyl (C=O) groups excluding carboxylic acids is 1. The van der Waals surface area contributed by atoms with E-state index in [1.165, 1.54) is 0 Å². The normalized spacial score (nSPS) is 19.4. The van der Waals surface area contributed by atoms with E-state index in [0.29, 0.717) is 24.7 Å². The summed E-state index contributed by atoms with van der Waals surface area (Å²) in [4.78, 5) is 25.5. The zero-order chi connectivity index (χ0) is 20.2. The van der Waals surface area contributed by atoms with E-state index in [0.717, 1.165) is 43.2 Å². The highest BCUT2D eigenvalue weighted by molar-refractivity contribution is 6.31. The fourth-order valence-electron chi connectivity index (χ4n) is 3.82. The van der Waals surface area contributed by atoms with Crippen molar-refractivity contribution in [2.45, 2.75) is 25.8 Å². The number of carbonyl (C=O) groups is 1. The van der Waals surface area contributed by atoms with Gasteiger partial charge in [0.1, 0.15) is 6.54 Å². The van der Waals surface area contributed by atoms with E-state index in [4.69, 9.17) is 16.7 Å². The lowest BCUT2D eigenvalue weighted by Gasteiger charge is -2.35. The Kier molecular flexibility index (Phi) is 5.94. The van der Waals surface area contributed by atoms with Crippen molar-refractivity contribution < 1.29 is 4.79 Å². The molecule has 1 aromatic heterocycles. The number of halogens is 1. The van der Waals surface area contributed by atoms with Crippen LogP contribution in [0.25, 0.3) is 0 Å². The van der Waals surface area contributed by atoms with Gasteiger partial charge in [-0.15, -0.1) is 0 Å². The lowest BCUT2D eigenvalue weighted by molar-refractivity contribution is -0.133. The molecule has 2 aliphatic heterocycles. The van der Waals surface area contributed by atoms with Crippen LogP contribution in [0.1, 0.15) is 25.3 Å². The van der Waals surface area contributed by atoms with E-state index in [9.17, 15) is 4.79 Å². The molecule has 2 aliphatic rings. The number of amides is 1. The molecule has 1 saturated heterocycles. The first kappa shape index (κ1) is 19.6. The molecule has 4 rings (SSSR count). The van der Waals surface area contributed by atoms with E-state index >= 15 is 0 Å². The molecule has 29 heavy (non-hydrogen) atoms. The van der Waals surface area contributed by atoms with Gasteiger partial charge in [-0.2, -0.15) is 5.10 Å². The summed E-state index contributed by atoms with van der Waals surface area (Å²) in [5.41, 5.74) is 2.03. The van der Waals surface area contributed by atoms with Crippen LogP contribution in [0.4, 0.5) is 5.95 Å². The molecule has 0 aliphatic carbocycles. The maximum atomic E-state index is 12.9. The highest BCUT2D eigenvalue weighted by Crippen LogP contribution is 2.24. The van der Waals surface area contributed by atoms with Crippen molar-refractivity contribution in [3.05, 3.63) is 53.3 Å². The average Bonchev–Trinajstić information content (AvgIpc) is 3.17. The van der Waals surface area contributed by atoms with Gasteiger partial charge in [0.25, 0.3) is 0 Å². The molecule has 2 aromatic rings. The third-order valence-corrected chi connectivity index (χ3v) is 5.73. The van der Waals surface area contributed by atoms with Crippen molar-refractivity contribution in [1.29, 1.82) is 0 Å². The zero-order valence-electron chi connectivity index (χ0n) is 16.5. The molecule has 152 valence electrons. The van der Waals surface area contributed by atoms with Crippen LogP contribution in [0.2, 0.25) is 5.02 Å². The van der Waals surface area contributed by atoms with E-state index in [-0.39, 0.29) is 11.9 Å². The largest absolute Gasteiger partial charge is 0.338 e. The third kappa shape index (κ3) is 4.50. The van der Waals surface area contributed by atoms with Gasteiger partial charge in [0, 0.05) is 50.0 Å². The summed E-state index contributed by atoms with van der Waals surface area (Å²) >= 11 is 6.13. The molecule has 0 bridgehead atoms. The van der Waals surface area contributed by atoms with Crippen LogP contribution in [-0.2, 0) is 4.79 Å². The Balaban J connectivity index is 1.37. The first-order valence-corrected chi connectivity index (χ1v) is 10.4. The van der Waals surface area contributed by atoms with Gasteiger partial charge < -0.3 is 9.80 Å². The SMILES string of the molecule is CCC1CC(c2cccc(Cl)c2)=NN1CC(=O)N1CCN(c2ncccn2)CC1. The lowest BCUT2D eigenvalue weighted by Crippen LogP contribution is -2.51. The van der Waals surface area contributed by atoms with Gasteiger partial charge in [-0.3, -0.25) is 9.80 Å². The Labute approximate surface area is 176 Å². The Hall–Kier alpha value is -2.67. The second-order valence-electron chi connectivity index (χ2n) is 7.34. The summed E-state index contributed by atoms with van der Waals surface area (Å²) in [7, 11) is 0. The van der Waals surface area contributed by atoms with Crippen molar-refractivity contribution in [1.82, 2.24) is 19.9 Å². The minimum atomic E-state index is 0.119. The molecule has 0 saturated carbocycles. The lowest BCUT2D eigenvalue weighted by atomic mass is 10.0. The maximum Gasteiger partial charge on any atom is 0.243 e. The average molecular weight is 413 g/mol. The van der Waals surface area contributed by atoms with E-state index in [1.54, 1.807) is 12.4 Å². The van der Waals surface area contributed by atoms with Crippen molar-refractivity contribution in [2.75, 3.05) is 37.6 Å². The van der Waals surface area contributed by atoms with Crippen LogP contribution in [0.5, 0.6) is 0 Å². The molecule has 0 radical (unpaired) electrons. The van der Waals surface area contributed by atoms with E-state index in [1.807, 2.05) is 40.2 Å². The molecule has 0 N–H and O–H groups in total. The van der Waals surface area contributed by atoms with Gasteiger partial charge in [-0.1, -0.05) is 30.7 Å². The van der Waals surface area contributed by atoms with Crippen LogP contribution in [0.15, 0.2) is 47.8 Å². The molecule has 3 heterocycles. The molecule has 1 fully saturated rings. The van der Waals surface area contributed by atoms with Crippen molar-refractivity contribution in [3.8, 4) is 0 Å². The molecule has 0 spiro atoms. The number of hydrogen-bond donors (Lipinski definition) is 0. The number of piperazine rings is 1. The van der Waals surface area contributed by atoms with Crippen LogP contribution in [-0.4, -0.2) is 70.3 Å². The summed E-state index contributed by atoms with van der Waals surface area (Å²) in [6, 6.07) is 9.80. The standard InChI is InChI=1S/C21H25ClN6O/c1-2-18-14-19(16-5-3-6-17(22)13-16)25-28(18)15-20(29)26-9-11-27(12-10-26)21-23-7-4-8-24-21/h3-8,13,18H,2,9-12,14-15H2,1H3. The molecule has 1 aromatic carbocycles. The monoisotopic (exact) mass is 412 g/mol. The number of hydrazone groups is 1. The Morgan fingerprint density at radius 3 is 2.59 bits per heavy atom. The summed E-state index contributed by atoms with van der Waals surface area (Å²) in [5.74, 6) is 0.842. The summed E-state index contributed by atoms with van der Waals surface area (Å²) in [6.45, 7) is 5.27. The molecule has 8 heteroatoms. The number of aromatic nitrogens is 2. The van der Waals surface area contributed by atoms with Gasteiger partial charge in [0.05, 0.1) is 11.8 Å². The van der Waals surface area contributed by atoms with Crippen LogP contribution in [0.3, 0.4) is 0 Å². The fraction of sp³-hybridized carbons (Fsp3) is 0.429. The molecular weight excluding hydrogens is 388 g/mol. The van der Waals surface area contributed by atoms with E-state index in [2.05, 4.69) is 21.8 Å². The predicted molar refractivity (Wildman–Crippen MR) is 114 cm³/mol. The maximum absolute atomic E-state index is 12.9. The van der Waals surface area contributed by atoms with Crippen LogP contribution in [0, 0.1) is 0 Å². The van der Waals surface area contributed by atoms with Gasteiger partial charge in [0.2, 0.25) is 11.9 Å². The highest BCUT2D eigenvalue weighted by atomic mass is 35.5. The molecular formula is C21H25ClN6O. The van der Waals surface area contributed by atoms with E-state index < -0.39 is 0 Å². The van der Waals surface area contributed by atoms with Crippen LogP contribution < -0.4 is 4.90 Å². The number of hydrogen-bond acceptors (Lipinski definition) is 6. The molecule has 1 amide bonds. The first-order chi connectivity index (χ1) is 14.1.